The highest BCUT2D eigenvalue weighted by Crippen LogP contribution is 2.52. The number of hydrogen-bond donors (Lipinski definition) is 0. The van der Waals surface area contributed by atoms with Crippen LogP contribution in [0, 0.1) is 0 Å². The highest BCUT2D eigenvalue weighted by atomic mass is 16.3. The summed E-state index contributed by atoms with van der Waals surface area (Å²) in [5.41, 5.74) is 10.6. The summed E-state index contributed by atoms with van der Waals surface area (Å²) in [6.07, 6.45) is 1.51. The number of fused-ring (bicyclic) bond motifs is 8. The lowest BCUT2D eigenvalue weighted by Gasteiger charge is -2.23. The first-order chi connectivity index (χ1) is 15.1. The zero-order valence-electron chi connectivity index (χ0n) is 17.4. The Morgan fingerprint density at radius 3 is 2.58 bits per heavy atom. The largest absolute Gasteiger partial charge is 0.443 e. The van der Waals surface area contributed by atoms with Crippen molar-refractivity contribution in [3.63, 3.8) is 0 Å². The number of oxazole rings is 1. The fourth-order valence-electron chi connectivity index (χ4n) is 5.57. The van der Waals surface area contributed by atoms with Crippen molar-refractivity contribution < 1.29 is 4.42 Å². The summed E-state index contributed by atoms with van der Waals surface area (Å²) in [5, 5.41) is 2.56. The van der Waals surface area contributed by atoms with Crippen LogP contribution in [0.1, 0.15) is 25.0 Å². The molecular formula is C28H20N2O. The second-order valence-corrected chi connectivity index (χ2v) is 8.91. The third kappa shape index (κ3) is 2.05. The van der Waals surface area contributed by atoms with Gasteiger partial charge in [0, 0.05) is 21.9 Å². The summed E-state index contributed by atoms with van der Waals surface area (Å²) >= 11 is 0. The fraction of sp³-hybridized carbons (Fsp3) is 0.107. The maximum atomic E-state index is 5.49. The van der Waals surface area contributed by atoms with Crippen molar-refractivity contribution in [2.75, 3.05) is 0 Å². The normalized spacial score (nSPS) is 14.4. The number of aromatic nitrogens is 2. The first kappa shape index (κ1) is 16.9. The standard InChI is InChI=1S/C28H20N2O/c1-28(2)22-9-5-3-7-18(22)20-12-13-21-19-8-4-6-10-24(19)30(27(21)26(20)28)17-11-14-25-23(15-17)29-16-31-25/h3-16H,1-2H3. The van der Waals surface area contributed by atoms with Gasteiger partial charge in [0.25, 0.3) is 0 Å². The van der Waals surface area contributed by atoms with Crippen LogP contribution in [0.5, 0.6) is 0 Å². The molecule has 3 nitrogen and oxygen atoms in total. The molecule has 0 fully saturated rings. The second kappa shape index (κ2) is 5.64. The quantitative estimate of drug-likeness (QED) is 0.291. The Morgan fingerprint density at radius 1 is 0.806 bits per heavy atom. The van der Waals surface area contributed by atoms with Crippen LogP contribution in [0.2, 0.25) is 0 Å². The van der Waals surface area contributed by atoms with E-state index in [9.17, 15) is 0 Å². The lowest BCUT2D eigenvalue weighted by atomic mass is 9.81. The van der Waals surface area contributed by atoms with Gasteiger partial charge in [-0.15, -0.1) is 0 Å². The smallest absolute Gasteiger partial charge is 0.181 e. The number of para-hydroxylation sites is 1. The molecular weight excluding hydrogens is 380 g/mol. The summed E-state index contributed by atoms with van der Waals surface area (Å²) in [6, 6.07) is 28.4. The molecule has 0 bridgehead atoms. The summed E-state index contributed by atoms with van der Waals surface area (Å²) in [5.74, 6) is 0. The van der Waals surface area contributed by atoms with E-state index in [2.05, 4.69) is 96.2 Å². The highest BCUT2D eigenvalue weighted by Gasteiger charge is 2.38. The number of nitrogens with zero attached hydrogens (tertiary/aromatic N) is 2. The molecule has 2 aromatic heterocycles. The molecule has 0 saturated heterocycles. The number of rotatable bonds is 1. The van der Waals surface area contributed by atoms with Crippen molar-refractivity contribution in [1.82, 2.24) is 9.55 Å². The van der Waals surface area contributed by atoms with Gasteiger partial charge in [-0.2, -0.15) is 0 Å². The van der Waals surface area contributed by atoms with Crippen molar-refractivity contribution in [3.05, 3.63) is 96.4 Å². The second-order valence-electron chi connectivity index (χ2n) is 8.91. The van der Waals surface area contributed by atoms with Crippen LogP contribution in [0.25, 0.3) is 49.7 Å². The van der Waals surface area contributed by atoms with E-state index in [0.29, 0.717) is 0 Å². The van der Waals surface area contributed by atoms with Gasteiger partial charge in [0.15, 0.2) is 12.0 Å². The SMILES string of the molecule is CC1(C)c2ccccc2-c2ccc3c4ccccc4n(-c4ccc5ocnc5c4)c3c21. The first-order valence-electron chi connectivity index (χ1n) is 10.6. The molecule has 148 valence electrons. The molecule has 0 N–H and O–H groups in total. The Kier molecular flexibility index (Phi) is 3.07. The molecule has 2 heterocycles. The average molecular weight is 400 g/mol. The Balaban J connectivity index is 1.69. The molecule has 0 unspecified atom stereocenters. The van der Waals surface area contributed by atoms with E-state index in [1.807, 2.05) is 6.07 Å². The van der Waals surface area contributed by atoms with E-state index in [1.165, 1.54) is 50.5 Å². The maximum Gasteiger partial charge on any atom is 0.181 e. The van der Waals surface area contributed by atoms with Crippen molar-refractivity contribution in [1.29, 1.82) is 0 Å². The monoisotopic (exact) mass is 400 g/mol. The third-order valence-electron chi connectivity index (χ3n) is 6.92. The average Bonchev–Trinajstić information content (AvgIpc) is 3.45. The minimum atomic E-state index is -0.0877. The van der Waals surface area contributed by atoms with Crippen molar-refractivity contribution in [2.45, 2.75) is 19.3 Å². The van der Waals surface area contributed by atoms with Crippen molar-refractivity contribution in [2.24, 2.45) is 0 Å². The summed E-state index contributed by atoms with van der Waals surface area (Å²) in [6.45, 7) is 4.69. The molecule has 6 aromatic rings. The van der Waals surface area contributed by atoms with E-state index >= 15 is 0 Å². The molecule has 0 atom stereocenters. The molecule has 0 saturated carbocycles. The van der Waals surface area contributed by atoms with Crippen LogP contribution in [-0.4, -0.2) is 9.55 Å². The Morgan fingerprint density at radius 2 is 1.65 bits per heavy atom. The van der Waals surface area contributed by atoms with E-state index in [-0.39, 0.29) is 5.41 Å². The zero-order valence-corrected chi connectivity index (χ0v) is 17.4. The van der Waals surface area contributed by atoms with Gasteiger partial charge in [-0.3, -0.25) is 0 Å². The Labute approximate surface area is 179 Å². The molecule has 1 aliphatic carbocycles. The molecule has 0 amide bonds. The molecule has 0 aliphatic heterocycles. The van der Waals surface area contributed by atoms with Gasteiger partial charge in [-0.1, -0.05) is 68.4 Å². The van der Waals surface area contributed by atoms with Crippen LogP contribution in [0.15, 0.2) is 89.7 Å². The molecule has 31 heavy (non-hydrogen) atoms. The number of benzene rings is 4. The molecule has 4 aromatic carbocycles. The number of hydrogen-bond acceptors (Lipinski definition) is 2. The molecule has 3 heteroatoms. The van der Waals surface area contributed by atoms with Crippen LogP contribution in [0.4, 0.5) is 0 Å². The van der Waals surface area contributed by atoms with E-state index in [4.69, 9.17) is 4.42 Å². The van der Waals surface area contributed by atoms with Gasteiger partial charge in [-0.25, -0.2) is 4.98 Å². The summed E-state index contributed by atoms with van der Waals surface area (Å²) in [7, 11) is 0. The van der Waals surface area contributed by atoms with Crippen molar-refractivity contribution >= 4 is 32.9 Å². The van der Waals surface area contributed by atoms with E-state index < -0.39 is 0 Å². The van der Waals surface area contributed by atoms with Gasteiger partial charge < -0.3 is 8.98 Å². The minimum absolute atomic E-state index is 0.0877. The molecule has 0 radical (unpaired) electrons. The van der Waals surface area contributed by atoms with E-state index in [1.54, 1.807) is 0 Å². The predicted molar refractivity (Wildman–Crippen MR) is 126 cm³/mol. The molecule has 1 aliphatic rings. The maximum absolute atomic E-state index is 5.49. The van der Waals surface area contributed by atoms with Crippen LogP contribution < -0.4 is 0 Å². The van der Waals surface area contributed by atoms with Gasteiger partial charge in [0.2, 0.25) is 0 Å². The van der Waals surface area contributed by atoms with Crippen LogP contribution >= 0.6 is 0 Å². The zero-order chi connectivity index (χ0) is 20.7. The Hall–Kier alpha value is -3.85. The fourth-order valence-corrected chi connectivity index (χ4v) is 5.57. The van der Waals surface area contributed by atoms with Gasteiger partial charge in [0.05, 0.1) is 11.0 Å². The molecule has 7 rings (SSSR count). The van der Waals surface area contributed by atoms with Gasteiger partial charge in [-0.05, 0) is 46.5 Å². The van der Waals surface area contributed by atoms with E-state index in [0.717, 1.165) is 16.8 Å². The summed E-state index contributed by atoms with van der Waals surface area (Å²) in [4.78, 5) is 4.40. The first-order valence-corrected chi connectivity index (χ1v) is 10.6. The molecule has 0 spiro atoms. The Bertz CT molecular complexity index is 1670. The lowest BCUT2D eigenvalue weighted by Crippen LogP contribution is -2.16. The highest BCUT2D eigenvalue weighted by molar-refractivity contribution is 6.13. The topological polar surface area (TPSA) is 31.0 Å². The van der Waals surface area contributed by atoms with Crippen LogP contribution in [-0.2, 0) is 5.41 Å². The predicted octanol–water partition coefficient (Wildman–Crippen LogP) is 7.23. The van der Waals surface area contributed by atoms with Gasteiger partial charge in [0.1, 0.15) is 5.52 Å². The van der Waals surface area contributed by atoms with Crippen LogP contribution in [0.3, 0.4) is 0 Å². The van der Waals surface area contributed by atoms with Gasteiger partial charge >= 0.3 is 0 Å². The van der Waals surface area contributed by atoms with Crippen molar-refractivity contribution in [3.8, 4) is 16.8 Å². The lowest BCUT2D eigenvalue weighted by molar-refractivity contribution is 0.602. The minimum Gasteiger partial charge on any atom is -0.443 e. The third-order valence-corrected chi connectivity index (χ3v) is 6.92. The summed E-state index contributed by atoms with van der Waals surface area (Å²) < 4.78 is 7.90.